The van der Waals surface area contributed by atoms with E-state index in [1.807, 2.05) is 29.2 Å². The van der Waals surface area contributed by atoms with Crippen LogP contribution in [0.2, 0.25) is 0 Å². The first kappa shape index (κ1) is 14.8. The number of benzene rings is 2. The summed E-state index contributed by atoms with van der Waals surface area (Å²) in [5.41, 5.74) is 1.22. The fraction of sp³-hybridized carbons (Fsp3) is 0.250. The zero-order chi connectivity index (χ0) is 16.8. The highest BCUT2D eigenvalue weighted by Crippen LogP contribution is 2.37. The van der Waals surface area contributed by atoms with Gasteiger partial charge in [0, 0.05) is 23.7 Å². The number of hydrogen-bond acceptors (Lipinski definition) is 4. The van der Waals surface area contributed by atoms with E-state index in [0.717, 1.165) is 46.0 Å². The quantitative estimate of drug-likeness (QED) is 0.692. The molecule has 0 radical (unpaired) electrons. The smallest absolute Gasteiger partial charge is 0.263 e. The minimum absolute atomic E-state index is 0.143. The van der Waals surface area contributed by atoms with Crippen LogP contribution in [0.1, 0.15) is 27.6 Å². The normalized spacial score (nSPS) is 18.9. The Hall–Kier alpha value is -2.53. The SMILES string of the molecule is O=C(c1cc2ccccc2s1)N1CC[C@H](c2ccc3c(c2)OCO3)C1. The van der Waals surface area contributed by atoms with Gasteiger partial charge in [0.25, 0.3) is 5.91 Å². The Balaban J connectivity index is 1.35. The molecule has 1 aromatic heterocycles. The molecule has 3 heterocycles. The molecule has 0 aliphatic carbocycles. The molecule has 0 spiro atoms. The van der Waals surface area contributed by atoms with Crippen molar-refractivity contribution in [3.63, 3.8) is 0 Å². The fourth-order valence-corrected chi connectivity index (χ4v) is 4.66. The maximum atomic E-state index is 12.9. The molecule has 0 saturated carbocycles. The Labute approximate surface area is 149 Å². The predicted molar refractivity (Wildman–Crippen MR) is 97.7 cm³/mol. The molecule has 3 aromatic rings. The predicted octanol–water partition coefficient (Wildman–Crippen LogP) is 4.26. The molecule has 0 unspecified atom stereocenters. The van der Waals surface area contributed by atoms with Crippen LogP contribution in [0.4, 0.5) is 0 Å². The van der Waals surface area contributed by atoms with Crippen LogP contribution in [0.3, 0.4) is 0 Å². The van der Waals surface area contributed by atoms with Crippen LogP contribution in [0.15, 0.2) is 48.5 Å². The molecule has 1 amide bonds. The van der Waals surface area contributed by atoms with E-state index in [9.17, 15) is 4.79 Å². The molecule has 5 rings (SSSR count). The number of hydrogen-bond donors (Lipinski definition) is 0. The number of carbonyl (C=O) groups is 1. The van der Waals surface area contributed by atoms with Gasteiger partial charge in [0.1, 0.15) is 0 Å². The molecular formula is C20H17NO3S. The molecule has 4 nitrogen and oxygen atoms in total. The monoisotopic (exact) mass is 351 g/mol. The Bertz CT molecular complexity index is 931. The molecule has 0 N–H and O–H groups in total. The summed E-state index contributed by atoms with van der Waals surface area (Å²) in [6, 6.07) is 16.3. The highest BCUT2D eigenvalue weighted by molar-refractivity contribution is 7.20. The second-order valence-electron chi connectivity index (χ2n) is 6.50. The molecule has 1 saturated heterocycles. The van der Waals surface area contributed by atoms with Crippen LogP contribution in [0.25, 0.3) is 10.1 Å². The number of likely N-dealkylation sites (tertiary alicyclic amines) is 1. The second kappa shape index (κ2) is 5.77. The number of carbonyl (C=O) groups excluding carboxylic acids is 1. The first-order valence-electron chi connectivity index (χ1n) is 8.45. The molecule has 25 heavy (non-hydrogen) atoms. The van der Waals surface area contributed by atoms with Crippen LogP contribution in [0.5, 0.6) is 11.5 Å². The summed E-state index contributed by atoms with van der Waals surface area (Å²) < 4.78 is 12.0. The average molecular weight is 351 g/mol. The van der Waals surface area contributed by atoms with Crippen LogP contribution in [0, 0.1) is 0 Å². The summed E-state index contributed by atoms with van der Waals surface area (Å²) in [5.74, 6) is 2.11. The molecule has 126 valence electrons. The van der Waals surface area contributed by atoms with Crippen molar-refractivity contribution in [3.8, 4) is 11.5 Å². The lowest BCUT2D eigenvalue weighted by Crippen LogP contribution is -2.27. The van der Waals surface area contributed by atoms with Gasteiger partial charge < -0.3 is 14.4 Å². The lowest BCUT2D eigenvalue weighted by molar-refractivity contribution is 0.0795. The summed E-state index contributed by atoms with van der Waals surface area (Å²) in [7, 11) is 0. The molecule has 1 fully saturated rings. The van der Waals surface area contributed by atoms with Crippen molar-refractivity contribution in [3.05, 3.63) is 59.0 Å². The lowest BCUT2D eigenvalue weighted by atomic mass is 9.98. The van der Waals surface area contributed by atoms with Gasteiger partial charge >= 0.3 is 0 Å². The van der Waals surface area contributed by atoms with Gasteiger partial charge in [0.2, 0.25) is 6.79 Å². The van der Waals surface area contributed by atoms with Crippen molar-refractivity contribution >= 4 is 27.3 Å². The lowest BCUT2D eigenvalue weighted by Gasteiger charge is -2.16. The Kier molecular flexibility index (Phi) is 3.41. The number of nitrogens with zero attached hydrogens (tertiary/aromatic N) is 1. The molecule has 1 atom stereocenters. The summed E-state index contributed by atoms with van der Waals surface area (Å²) in [6.07, 6.45) is 0.982. The van der Waals surface area contributed by atoms with Crippen molar-refractivity contribution in [2.75, 3.05) is 19.9 Å². The molecule has 0 bridgehead atoms. The van der Waals surface area contributed by atoms with Gasteiger partial charge in [-0.2, -0.15) is 0 Å². The third kappa shape index (κ3) is 2.55. The molecule has 2 aromatic carbocycles. The number of ether oxygens (including phenoxy) is 2. The summed E-state index contributed by atoms with van der Waals surface area (Å²) in [4.78, 5) is 15.7. The van der Waals surface area contributed by atoms with E-state index in [4.69, 9.17) is 9.47 Å². The molecule has 5 heteroatoms. The van der Waals surface area contributed by atoms with Gasteiger partial charge in [-0.15, -0.1) is 11.3 Å². The van der Waals surface area contributed by atoms with Gasteiger partial charge in [0.05, 0.1) is 4.88 Å². The van der Waals surface area contributed by atoms with E-state index >= 15 is 0 Å². The van der Waals surface area contributed by atoms with Crippen molar-refractivity contribution in [1.82, 2.24) is 4.90 Å². The zero-order valence-electron chi connectivity index (χ0n) is 13.6. The largest absolute Gasteiger partial charge is 0.454 e. The fourth-order valence-electron chi connectivity index (χ4n) is 3.63. The van der Waals surface area contributed by atoms with E-state index < -0.39 is 0 Å². The highest BCUT2D eigenvalue weighted by Gasteiger charge is 2.29. The van der Waals surface area contributed by atoms with Crippen LogP contribution >= 0.6 is 11.3 Å². The van der Waals surface area contributed by atoms with Crippen LogP contribution < -0.4 is 9.47 Å². The average Bonchev–Trinajstić information content (AvgIpc) is 3.38. The third-order valence-electron chi connectivity index (χ3n) is 4.98. The third-order valence-corrected chi connectivity index (χ3v) is 6.08. The first-order chi connectivity index (χ1) is 12.3. The minimum Gasteiger partial charge on any atom is -0.454 e. The maximum absolute atomic E-state index is 12.9. The number of thiophene rings is 1. The highest BCUT2D eigenvalue weighted by atomic mass is 32.1. The van der Waals surface area contributed by atoms with E-state index in [2.05, 4.69) is 24.3 Å². The van der Waals surface area contributed by atoms with E-state index in [0.29, 0.717) is 12.7 Å². The van der Waals surface area contributed by atoms with Gasteiger partial charge in [0.15, 0.2) is 11.5 Å². The Morgan fingerprint density at radius 2 is 1.96 bits per heavy atom. The number of rotatable bonds is 2. The van der Waals surface area contributed by atoms with Gasteiger partial charge in [-0.1, -0.05) is 24.3 Å². The van der Waals surface area contributed by atoms with Crippen molar-refractivity contribution in [2.24, 2.45) is 0 Å². The number of amides is 1. The topological polar surface area (TPSA) is 38.8 Å². The van der Waals surface area contributed by atoms with Crippen molar-refractivity contribution < 1.29 is 14.3 Å². The summed E-state index contributed by atoms with van der Waals surface area (Å²) >= 11 is 1.58. The van der Waals surface area contributed by atoms with Crippen LogP contribution in [-0.4, -0.2) is 30.7 Å². The van der Waals surface area contributed by atoms with E-state index in [1.165, 1.54) is 5.56 Å². The standard InChI is InChI=1S/C20H17NO3S/c22-20(19-10-14-3-1-2-4-18(14)25-19)21-8-7-15(11-21)13-5-6-16-17(9-13)24-12-23-16/h1-6,9-10,15H,7-8,11-12H2/t15-/m0/s1. The zero-order valence-corrected chi connectivity index (χ0v) is 14.4. The first-order valence-corrected chi connectivity index (χ1v) is 9.27. The molecule has 2 aliphatic heterocycles. The van der Waals surface area contributed by atoms with Crippen molar-refractivity contribution in [1.29, 1.82) is 0 Å². The van der Waals surface area contributed by atoms with Gasteiger partial charge in [-0.3, -0.25) is 4.79 Å². The van der Waals surface area contributed by atoms with Gasteiger partial charge in [-0.25, -0.2) is 0 Å². The van der Waals surface area contributed by atoms with Crippen LogP contribution in [-0.2, 0) is 0 Å². The molecular weight excluding hydrogens is 334 g/mol. The second-order valence-corrected chi connectivity index (χ2v) is 7.58. The Morgan fingerprint density at radius 3 is 2.88 bits per heavy atom. The maximum Gasteiger partial charge on any atom is 0.263 e. The van der Waals surface area contributed by atoms with E-state index in [-0.39, 0.29) is 5.91 Å². The molecule has 2 aliphatic rings. The van der Waals surface area contributed by atoms with Gasteiger partial charge in [-0.05, 0) is 41.6 Å². The Morgan fingerprint density at radius 1 is 1.08 bits per heavy atom. The summed E-state index contributed by atoms with van der Waals surface area (Å²) in [6.45, 7) is 1.85. The van der Waals surface area contributed by atoms with E-state index in [1.54, 1.807) is 11.3 Å². The summed E-state index contributed by atoms with van der Waals surface area (Å²) in [5, 5.41) is 1.14. The number of fused-ring (bicyclic) bond motifs is 2. The van der Waals surface area contributed by atoms with Crippen molar-refractivity contribution in [2.45, 2.75) is 12.3 Å². The minimum atomic E-state index is 0.143.